The molecule has 0 spiro atoms. The summed E-state index contributed by atoms with van der Waals surface area (Å²) < 4.78 is 0. The second-order valence-electron chi connectivity index (χ2n) is 5.65. The molecule has 19 heavy (non-hydrogen) atoms. The molecule has 0 radical (unpaired) electrons. The fourth-order valence-electron chi connectivity index (χ4n) is 3.33. The van der Waals surface area contributed by atoms with Crippen molar-refractivity contribution in [2.75, 3.05) is 5.32 Å². The van der Waals surface area contributed by atoms with Crippen LogP contribution >= 0.6 is 0 Å². The number of hydrogen-bond acceptors (Lipinski definition) is 3. The topological polar surface area (TPSA) is 61.4 Å². The third-order valence-corrected chi connectivity index (χ3v) is 4.29. The van der Waals surface area contributed by atoms with Crippen molar-refractivity contribution in [2.24, 2.45) is 5.92 Å². The molecule has 4 nitrogen and oxygen atoms in total. The summed E-state index contributed by atoms with van der Waals surface area (Å²) in [4.78, 5) is 12.2. The van der Waals surface area contributed by atoms with Crippen molar-refractivity contribution in [3.05, 3.63) is 24.3 Å². The Labute approximate surface area is 113 Å². The Morgan fingerprint density at radius 2 is 2.16 bits per heavy atom. The number of carbonyl (C=O) groups is 1. The van der Waals surface area contributed by atoms with Gasteiger partial charge < -0.3 is 15.7 Å². The largest absolute Gasteiger partial charge is 0.508 e. The lowest BCUT2D eigenvalue weighted by atomic mass is 9.85. The number of anilines is 1. The molecule has 1 aromatic carbocycles. The fourth-order valence-corrected chi connectivity index (χ4v) is 3.33. The number of nitrogens with one attached hydrogen (secondary N) is 2. The van der Waals surface area contributed by atoms with Crippen molar-refractivity contribution in [2.45, 2.75) is 44.2 Å². The Hall–Kier alpha value is -1.55. The number of aromatic hydroxyl groups is 1. The van der Waals surface area contributed by atoms with Crippen molar-refractivity contribution in [1.82, 2.24) is 5.32 Å². The summed E-state index contributed by atoms with van der Waals surface area (Å²) in [5.41, 5.74) is 0.654. The number of amides is 1. The van der Waals surface area contributed by atoms with Crippen LogP contribution in [0.1, 0.15) is 32.1 Å². The number of fused-ring (bicyclic) bond motifs is 1. The quantitative estimate of drug-likeness (QED) is 0.764. The molecule has 1 saturated heterocycles. The van der Waals surface area contributed by atoms with Crippen molar-refractivity contribution in [3.8, 4) is 5.75 Å². The van der Waals surface area contributed by atoms with E-state index < -0.39 is 0 Å². The van der Waals surface area contributed by atoms with Crippen LogP contribution in [-0.4, -0.2) is 23.1 Å². The van der Waals surface area contributed by atoms with E-state index in [1.807, 2.05) is 0 Å². The van der Waals surface area contributed by atoms with Crippen molar-refractivity contribution in [1.29, 1.82) is 0 Å². The highest BCUT2D eigenvalue weighted by Gasteiger charge is 2.38. The molecular formula is C15H20N2O2. The summed E-state index contributed by atoms with van der Waals surface area (Å²) in [7, 11) is 0. The van der Waals surface area contributed by atoms with Crippen LogP contribution in [0.5, 0.6) is 5.75 Å². The maximum absolute atomic E-state index is 12.2. The SMILES string of the molecule is O=C(Nc1cccc(O)c1)C1CC2CCCCC2N1. The lowest BCUT2D eigenvalue weighted by Crippen LogP contribution is -2.39. The molecule has 2 fully saturated rings. The standard InChI is InChI=1S/C15H20N2O2/c18-12-6-3-5-11(9-12)16-15(19)14-8-10-4-1-2-7-13(10)17-14/h3,5-6,9-10,13-14,17-18H,1-2,4,7-8H2,(H,16,19). The lowest BCUT2D eigenvalue weighted by Gasteiger charge is -2.24. The number of rotatable bonds is 2. The number of carbonyl (C=O) groups excluding carboxylic acids is 1. The molecule has 102 valence electrons. The van der Waals surface area contributed by atoms with Crippen LogP contribution in [0, 0.1) is 5.92 Å². The van der Waals surface area contributed by atoms with E-state index in [-0.39, 0.29) is 17.7 Å². The van der Waals surface area contributed by atoms with Crippen LogP contribution < -0.4 is 10.6 Å². The number of hydrogen-bond donors (Lipinski definition) is 3. The molecule has 0 aromatic heterocycles. The summed E-state index contributed by atoms with van der Waals surface area (Å²) >= 11 is 0. The minimum atomic E-state index is -0.0875. The van der Waals surface area contributed by atoms with Gasteiger partial charge >= 0.3 is 0 Å². The van der Waals surface area contributed by atoms with E-state index in [9.17, 15) is 9.90 Å². The van der Waals surface area contributed by atoms with Crippen LogP contribution in [0.15, 0.2) is 24.3 Å². The van der Waals surface area contributed by atoms with Crippen molar-refractivity contribution < 1.29 is 9.90 Å². The van der Waals surface area contributed by atoms with Gasteiger partial charge in [0.25, 0.3) is 0 Å². The Morgan fingerprint density at radius 3 is 2.95 bits per heavy atom. The van der Waals surface area contributed by atoms with E-state index in [1.165, 1.54) is 25.7 Å². The maximum atomic E-state index is 12.2. The number of benzene rings is 1. The first kappa shape index (κ1) is 12.5. The second-order valence-corrected chi connectivity index (χ2v) is 5.65. The van der Waals surface area contributed by atoms with E-state index in [0.717, 1.165) is 6.42 Å². The zero-order chi connectivity index (χ0) is 13.2. The smallest absolute Gasteiger partial charge is 0.241 e. The van der Waals surface area contributed by atoms with Gasteiger partial charge in [-0.25, -0.2) is 0 Å². The third kappa shape index (κ3) is 2.73. The van der Waals surface area contributed by atoms with E-state index in [4.69, 9.17) is 0 Å². The first-order valence-electron chi connectivity index (χ1n) is 7.08. The van der Waals surface area contributed by atoms with Crippen LogP contribution in [0.25, 0.3) is 0 Å². The molecule has 2 aliphatic rings. The minimum Gasteiger partial charge on any atom is -0.508 e. The Morgan fingerprint density at radius 1 is 1.32 bits per heavy atom. The molecule has 4 heteroatoms. The van der Waals surface area contributed by atoms with Gasteiger partial charge in [0.05, 0.1) is 6.04 Å². The average Bonchev–Trinajstić information content (AvgIpc) is 2.82. The summed E-state index contributed by atoms with van der Waals surface area (Å²) in [5.74, 6) is 0.847. The van der Waals surface area contributed by atoms with Gasteiger partial charge in [0, 0.05) is 17.8 Å². The van der Waals surface area contributed by atoms with Gasteiger partial charge in [-0.15, -0.1) is 0 Å². The van der Waals surface area contributed by atoms with Gasteiger partial charge in [-0.1, -0.05) is 18.9 Å². The fraction of sp³-hybridized carbons (Fsp3) is 0.533. The summed E-state index contributed by atoms with van der Waals surface area (Å²) in [5, 5.41) is 15.7. The molecule has 3 rings (SSSR count). The van der Waals surface area contributed by atoms with E-state index >= 15 is 0 Å². The number of phenolic OH excluding ortho intramolecular Hbond substituents is 1. The predicted octanol–water partition coefficient (Wildman–Crippen LogP) is 2.25. The van der Waals surface area contributed by atoms with E-state index in [0.29, 0.717) is 17.6 Å². The predicted molar refractivity (Wildman–Crippen MR) is 74.0 cm³/mol. The second kappa shape index (κ2) is 5.21. The molecule has 1 heterocycles. The molecule has 1 aliphatic carbocycles. The monoisotopic (exact) mass is 260 g/mol. The van der Waals surface area contributed by atoms with Gasteiger partial charge in [-0.05, 0) is 37.3 Å². The van der Waals surface area contributed by atoms with Crippen molar-refractivity contribution in [3.63, 3.8) is 0 Å². The van der Waals surface area contributed by atoms with Gasteiger partial charge in [-0.3, -0.25) is 4.79 Å². The molecule has 1 saturated carbocycles. The Balaban J connectivity index is 1.62. The summed E-state index contributed by atoms with van der Waals surface area (Å²) in [6.45, 7) is 0. The molecular weight excluding hydrogens is 240 g/mol. The average molecular weight is 260 g/mol. The van der Waals surface area contributed by atoms with Gasteiger partial charge in [0.1, 0.15) is 5.75 Å². The van der Waals surface area contributed by atoms with Gasteiger partial charge in [0.2, 0.25) is 5.91 Å². The summed E-state index contributed by atoms with van der Waals surface area (Å²) in [6.07, 6.45) is 5.95. The zero-order valence-electron chi connectivity index (χ0n) is 10.9. The third-order valence-electron chi connectivity index (χ3n) is 4.29. The Kier molecular flexibility index (Phi) is 3.42. The minimum absolute atomic E-state index is 0.0139. The highest BCUT2D eigenvalue weighted by atomic mass is 16.3. The highest BCUT2D eigenvalue weighted by molar-refractivity contribution is 5.95. The molecule has 0 bridgehead atoms. The van der Waals surface area contributed by atoms with Crippen LogP contribution in [0.3, 0.4) is 0 Å². The molecule has 3 unspecified atom stereocenters. The zero-order valence-corrected chi connectivity index (χ0v) is 10.9. The van der Waals surface area contributed by atoms with E-state index in [2.05, 4.69) is 10.6 Å². The van der Waals surface area contributed by atoms with Crippen molar-refractivity contribution >= 4 is 11.6 Å². The van der Waals surface area contributed by atoms with Gasteiger partial charge in [0.15, 0.2) is 0 Å². The molecule has 1 aliphatic heterocycles. The van der Waals surface area contributed by atoms with E-state index in [1.54, 1.807) is 24.3 Å². The van der Waals surface area contributed by atoms with Gasteiger partial charge in [-0.2, -0.15) is 0 Å². The first-order chi connectivity index (χ1) is 9.22. The highest BCUT2D eigenvalue weighted by Crippen LogP contribution is 2.33. The lowest BCUT2D eigenvalue weighted by molar-refractivity contribution is -0.117. The Bertz CT molecular complexity index is 461. The molecule has 3 atom stereocenters. The van der Waals surface area contributed by atoms with Crippen LogP contribution in [0.4, 0.5) is 5.69 Å². The van der Waals surface area contributed by atoms with Crippen LogP contribution in [-0.2, 0) is 4.79 Å². The first-order valence-corrected chi connectivity index (χ1v) is 7.08. The number of phenols is 1. The molecule has 1 amide bonds. The maximum Gasteiger partial charge on any atom is 0.241 e. The van der Waals surface area contributed by atoms with Crippen LogP contribution in [0.2, 0.25) is 0 Å². The molecule has 3 N–H and O–H groups in total. The molecule has 1 aromatic rings. The normalized spacial score (nSPS) is 29.8. The summed E-state index contributed by atoms with van der Waals surface area (Å²) in [6, 6.07) is 7.12.